The van der Waals surface area contributed by atoms with E-state index in [1.807, 2.05) is 12.1 Å². The van der Waals surface area contributed by atoms with Gasteiger partial charge in [-0.3, -0.25) is 14.5 Å². The number of amides is 2. The molecule has 1 aliphatic heterocycles. The standard InChI is InChI=1S/C26H40N4O3/c1-33-23-9-5-8-20(16-23)26(32)29-15-12-22(17-24(29)25(31)28-14-13-27)30(21-10-11-21)18-19-6-3-2-4-7-19/h5,8-9,16,19,21-22,24H,2-4,6-7,10-15,17-18,27H2,1H3,(H,28,31)/t22?,24-/m1/s1. The molecule has 7 nitrogen and oxygen atoms in total. The van der Waals surface area contributed by atoms with E-state index in [0.29, 0.717) is 49.5 Å². The van der Waals surface area contributed by atoms with Crippen LogP contribution in [0.15, 0.2) is 24.3 Å². The van der Waals surface area contributed by atoms with Gasteiger partial charge in [-0.25, -0.2) is 0 Å². The number of nitrogens with zero attached hydrogens (tertiary/aromatic N) is 2. The molecule has 0 spiro atoms. The van der Waals surface area contributed by atoms with Crippen molar-refractivity contribution in [1.29, 1.82) is 0 Å². The van der Waals surface area contributed by atoms with Crippen molar-refractivity contribution in [2.75, 3.05) is 33.3 Å². The smallest absolute Gasteiger partial charge is 0.254 e. The summed E-state index contributed by atoms with van der Waals surface area (Å²) in [7, 11) is 1.59. The minimum absolute atomic E-state index is 0.0881. The zero-order chi connectivity index (χ0) is 23.2. The summed E-state index contributed by atoms with van der Waals surface area (Å²) in [6.45, 7) is 2.56. The number of rotatable bonds is 9. The van der Waals surface area contributed by atoms with Crippen LogP contribution in [0.5, 0.6) is 5.75 Å². The summed E-state index contributed by atoms with van der Waals surface area (Å²) in [5, 5.41) is 2.95. The van der Waals surface area contributed by atoms with Crippen molar-refractivity contribution in [3.63, 3.8) is 0 Å². The number of hydrogen-bond acceptors (Lipinski definition) is 5. The zero-order valence-electron chi connectivity index (χ0n) is 20.0. The summed E-state index contributed by atoms with van der Waals surface area (Å²) < 4.78 is 5.30. The number of nitrogens with one attached hydrogen (secondary N) is 1. The molecule has 1 aromatic carbocycles. The van der Waals surface area contributed by atoms with Gasteiger partial charge in [0.1, 0.15) is 11.8 Å². The molecule has 2 atom stereocenters. The molecule has 3 fully saturated rings. The quantitative estimate of drug-likeness (QED) is 0.597. The first kappa shape index (κ1) is 24.0. The number of hydrogen-bond donors (Lipinski definition) is 2. The van der Waals surface area contributed by atoms with Crippen molar-refractivity contribution in [3.05, 3.63) is 29.8 Å². The molecule has 4 rings (SSSR count). The third kappa shape index (κ3) is 6.07. The van der Waals surface area contributed by atoms with Crippen LogP contribution >= 0.6 is 0 Å². The molecule has 1 heterocycles. The average molecular weight is 457 g/mol. The normalized spacial score (nSPS) is 24.0. The minimum atomic E-state index is -0.471. The molecule has 7 heteroatoms. The van der Waals surface area contributed by atoms with Crippen LogP contribution in [0.25, 0.3) is 0 Å². The summed E-state index contributed by atoms with van der Waals surface area (Å²) >= 11 is 0. The van der Waals surface area contributed by atoms with E-state index < -0.39 is 6.04 Å². The molecule has 0 bridgehead atoms. The van der Waals surface area contributed by atoms with Crippen molar-refractivity contribution in [3.8, 4) is 5.75 Å². The monoisotopic (exact) mass is 456 g/mol. The van der Waals surface area contributed by atoms with Crippen LogP contribution in [0.3, 0.4) is 0 Å². The highest BCUT2D eigenvalue weighted by atomic mass is 16.5. The molecule has 0 radical (unpaired) electrons. The van der Waals surface area contributed by atoms with Crippen LogP contribution in [0.4, 0.5) is 0 Å². The number of ether oxygens (including phenoxy) is 1. The van der Waals surface area contributed by atoms with Gasteiger partial charge in [-0.2, -0.15) is 0 Å². The highest BCUT2D eigenvalue weighted by Crippen LogP contribution is 2.36. The first-order chi connectivity index (χ1) is 16.1. The molecule has 0 aromatic heterocycles. The van der Waals surface area contributed by atoms with E-state index in [1.165, 1.54) is 44.9 Å². The number of carbonyl (C=O) groups excluding carboxylic acids is 2. The molecule has 2 saturated carbocycles. The number of methoxy groups -OCH3 is 1. The molecule has 1 unspecified atom stereocenters. The van der Waals surface area contributed by atoms with Crippen LogP contribution < -0.4 is 15.8 Å². The Morgan fingerprint density at radius 2 is 1.91 bits per heavy atom. The second-order valence-corrected chi connectivity index (χ2v) is 9.94. The molecular formula is C26H40N4O3. The van der Waals surface area contributed by atoms with Gasteiger partial charge in [-0.1, -0.05) is 25.3 Å². The number of carbonyl (C=O) groups is 2. The Bertz CT molecular complexity index is 806. The number of benzene rings is 1. The molecule has 182 valence electrons. The van der Waals surface area contributed by atoms with E-state index in [-0.39, 0.29) is 11.8 Å². The van der Waals surface area contributed by atoms with Crippen LogP contribution in [0.1, 0.15) is 68.1 Å². The van der Waals surface area contributed by atoms with Crippen molar-refractivity contribution >= 4 is 11.8 Å². The lowest BCUT2D eigenvalue weighted by Gasteiger charge is -2.44. The van der Waals surface area contributed by atoms with Crippen LogP contribution in [-0.2, 0) is 4.79 Å². The molecule has 1 saturated heterocycles. The fourth-order valence-corrected chi connectivity index (χ4v) is 5.65. The van der Waals surface area contributed by atoms with Crippen molar-refractivity contribution < 1.29 is 14.3 Å². The van der Waals surface area contributed by atoms with Crippen molar-refractivity contribution in [1.82, 2.24) is 15.1 Å². The summed E-state index contributed by atoms with van der Waals surface area (Å²) in [5.74, 6) is 1.23. The second-order valence-electron chi connectivity index (χ2n) is 9.94. The van der Waals surface area contributed by atoms with Gasteiger partial charge in [0.25, 0.3) is 5.91 Å². The van der Waals surface area contributed by atoms with Gasteiger partial charge in [-0.05, 0) is 62.6 Å². The zero-order valence-corrected chi connectivity index (χ0v) is 20.0. The first-order valence-corrected chi connectivity index (χ1v) is 12.8. The van der Waals surface area contributed by atoms with E-state index in [2.05, 4.69) is 10.2 Å². The fourth-order valence-electron chi connectivity index (χ4n) is 5.65. The largest absolute Gasteiger partial charge is 0.497 e. The van der Waals surface area contributed by atoms with E-state index >= 15 is 0 Å². The van der Waals surface area contributed by atoms with Gasteiger partial charge < -0.3 is 20.7 Å². The fraction of sp³-hybridized carbons (Fsp3) is 0.692. The van der Waals surface area contributed by atoms with Gasteiger partial charge in [-0.15, -0.1) is 0 Å². The third-order valence-corrected chi connectivity index (χ3v) is 7.58. The SMILES string of the molecule is COc1cccc(C(=O)N2CCC(N(CC3CCCCC3)C3CC3)C[C@@H]2C(=O)NCCN)c1. The lowest BCUT2D eigenvalue weighted by molar-refractivity contribution is -0.127. The van der Waals surface area contributed by atoms with Gasteiger partial charge >= 0.3 is 0 Å². The maximum absolute atomic E-state index is 13.4. The summed E-state index contributed by atoms with van der Waals surface area (Å²) in [6, 6.07) is 7.73. The Morgan fingerprint density at radius 3 is 2.61 bits per heavy atom. The summed E-state index contributed by atoms with van der Waals surface area (Å²) in [5.41, 5.74) is 6.19. The van der Waals surface area contributed by atoms with Gasteiger partial charge in [0.05, 0.1) is 7.11 Å². The topological polar surface area (TPSA) is 87.9 Å². The number of piperidine rings is 1. The lowest BCUT2D eigenvalue weighted by atomic mass is 9.87. The predicted octanol–water partition coefficient (Wildman–Crippen LogP) is 2.79. The highest BCUT2D eigenvalue weighted by molar-refractivity contribution is 5.98. The third-order valence-electron chi connectivity index (χ3n) is 7.58. The Labute approximate surface area is 198 Å². The Balaban J connectivity index is 1.50. The molecule has 2 aliphatic carbocycles. The second kappa shape index (κ2) is 11.3. The summed E-state index contributed by atoms with van der Waals surface area (Å²) in [6.07, 6.45) is 10.9. The maximum Gasteiger partial charge on any atom is 0.254 e. The lowest BCUT2D eigenvalue weighted by Crippen LogP contribution is -2.58. The number of likely N-dealkylation sites (tertiary alicyclic amines) is 1. The van der Waals surface area contributed by atoms with Gasteiger partial charge in [0, 0.05) is 43.8 Å². The Hall–Kier alpha value is -2.12. The molecule has 3 aliphatic rings. The Kier molecular flexibility index (Phi) is 8.25. The first-order valence-electron chi connectivity index (χ1n) is 12.8. The van der Waals surface area contributed by atoms with Crippen LogP contribution in [-0.4, -0.2) is 73.0 Å². The van der Waals surface area contributed by atoms with Gasteiger partial charge in [0.15, 0.2) is 0 Å². The Morgan fingerprint density at radius 1 is 1.12 bits per heavy atom. The predicted molar refractivity (Wildman–Crippen MR) is 129 cm³/mol. The molecule has 33 heavy (non-hydrogen) atoms. The van der Waals surface area contributed by atoms with E-state index in [0.717, 1.165) is 18.9 Å². The van der Waals surface area contributed by atoms with E-state index in [1.54, 1.807) is 24.1 Å². The molecular weight excluding hydrogens is 416 g/mol. The van der Waals surface area contributed by atoms with Crippen LogP contribution in [0, 0.1) is 5.92 Å². The molecule has 2 amide bonds. The maximum atomic E-state index is 13.4. The molecule has 1 aromatic rings. The van der Waals surface area contributed by atoms with Crippen molar-refractivity contribution in [2.45, 2.75) is 75.9 Å². The van der Waals surface area contributed by atoms with Crippen molar-refractivity contribution in [2.24, 2.45) is 11.7 Å². The van der Waals surface area contributed by atoms with E-state index in [4.69, 9.17) is 10.5 Å². The van der Waals surface area contributed by atoms with Crippen LogP contribution in [0.2, 0.25) is 0 Å². The molecule has 3 N–H and O–H groups in total. The minimum Gasteiger partial charge on any atom is -0.497 e. The highest BCUT2D eigenvalue weighted by Gasteiger charge is 2.42. The van der Waals surface area contributed by atoms with Gasteiger partial charge in [0.2, 0.25) is 5.91 Å². The average Bonchev–Trinajstić information content (AvgIpc) is 3.71. The summed E-state index contributed by atoms with van der Waals surface area (Å²) in [4.78, 5) is 31.1. The van der Waals surface area contributed by atoms with E-state index in [9.17, 15) is 9.59 Å². The number of nitrogens with two attached hydrogens (primary N) is 1.